The molecule has 0 radical (unpaired) electrons. The second kappa shape index (κ2) is 9.07. The summed E-state index contributed by atoms with van der Waals surface area (Å²) in [4.78, 5) is 22.7. The highest BCUT2D eigenvalue weighted by molar-refractivity contribution is 5.77. The minimum Gasteiger partial charge on any atom is -0.466 e. The van der Waals surface area contributed by atoms with Gasteiger partial charge in [-0.3, -0.25) is 9.59 Å². The molecule has 0 atom stereocenters. The number of unbranched alkanes of at least 4 members (excludes halogenated alkanes) is 1. The van der Waals surface area contributed by atoms with Crippen LogP contribution in [0.25, 0.3) is 0 Å². The molecule has 0 saturated carbocycles. The first kappa shape index (κ1) is 16.1. The lowest BCUT2D eigenvalue weighted by molar-refractivity contribution is -0.151. The molecule has 0 bridgehead atoms. The quantitative estimate of drug-likeness (QED) is 0.543. The van der Waals surface area contributed by atoms with Crippen LogP contribution in [-0.4, -0.2) is 18.5 Å². The first-order chi connectivity index (χ1) is 9.61. The number of hydrogen-bond donors (Lipinski definition) is 0. The van der Waals surface area contributed by atoms with E-state index >= 15 is 0 Å². The second-order valence-corrected chi connectivity index (χ2v) is 4.36. The molecule has 110 valence electrons. The van der Waals surface area contributed by atoms with Gasteiger partial charge in [-0.25, -0.2) is 4.39 Å². The predicted octanol–water partition coefficient (Wildman–Crippen LogP) is 2.99. The molecule has 0 amide bonds. The van der Waals surface area contributed by atoms with Crippen LogP contribution in [0.4, 0.5) is 4.39 Å². The van der Waals surface area contributed by atoms with E-state index in [1.165, 1.54) is 12.1 Å². The summed E-state index contributed by atoms with van der Waals surface area (Å²) in [6.45, 7) is 2.46. The van der Waals surface area contributed by atoms with Gasteiger partial charge in [-0.05, 0) is 24.1 Å². The fourth-order valence-corrected chi connectivity index (χ4v) is 1.42. The molecule has 0 aliphatic rings. The molecule has 0 unspecified atom stereocenters. The van der Waals surface area contributed by atoms with Crippen molar-refractivity contribution in [1.29, 1.82) is 0 Å². The van der Waals surface area contributed by atoms with E-state index in [0.29, 0.717) is 12.2 Å². The Balaban J connectivity index is 2.17. The molecule has 0 aliphatic carbocycles. The summed E-state index contributed by atoms with van der Waals surface area (Å²) < 4.78 is 22.6. The van der Waals surface area contributed by atoms with Crippen molar-refractivity contribution in [3.8, 4) is 0 Å². The predicted molar refractivity (Wildman–Crippen MR) is 71.3 cm³/mol. The van der Waals surface area contributed by atoms with Gasteiger partial charge in [0.1, 0.15) is 12.4 Å². The van der Waals surface area contributed by atoms with Crippen molar-refractivity contribution < 1.29 is 23.5 Å². The van der Waals surface area contributed by atoms with E-state index in [9.17, 15) is 14.0 Å². The Bertz CT molecular complexity index is 428. The average Bonchev–Trinajstić information content (AvgIpc) is 2.45. The minimum absolute atomic E-state index is 0.00778. The molecule has 20 heavy (non-hydrogen) atoms. The fraction of sp³-hybridized carbons (Fsp3) is 0.467. The highest BCUT2D eigenvalue weighted by atomic mass is 19.1. The molecule has 0 fully saturated rings. The van der Waals surface area contributed by atoms with E-state index in [1.807, 2.05) is 6.92 Å². The normalized spacial score (nSPS) is 10.1. The van der Waals surface area contributed by atoms with Gasteiger partial charge in [0.25, 0.3) is 0 Å². The van der Waals surface area contributed by atoms with Crippen LogP contribution in [0.1, 0.15) is 38.2 Å². The van der Waals surface area contributed by atoms with Crippen LogP contribution in [0, 0.1) is 5.82 Å². The van der Waals surface area contributed by atoms with Gasteiger partial charge in [-0.1, -0.05) is 25.5 Å². The van der Waals surface area contributed by atoms with Crippen molar-refractivity contribution in [2.45, 2.75) is 39.2 Å². The summed E-state index contributed by atoms with van der Waals surface area (Å²) in [6.07, 6.45) is 1.78. The molecule has 4 nitrogen and oxygen atoms in total. The largest absolute Gasteiger partial charge is 0.466 e. The zero-order valence-corrected chi connectivity index (χ0v) is 11.6. The average molecular weight is 282 g/mol. The second-order valence-electron chi connectivity index (χ2n) is 4.36. The third-order valence-electron chi connectivity index (χ3n) is 2.61. The van der Waals surface area contributed by atoms with E-state index in [-0.39, 0.29) is 25.3 Å². The van der Waals surface area contributed by atoms with Crippen molar-refractivity contribution in [2.75, 3.05) is 6.61 Å². The highest BCUT2D eigenvalue weighted by Crippen LogP contribution is 2.05. The molecule has 1 aromatic carbocycles. The topological polar surface area (TPSA) is 52.6 Å². The summed E-state index contributed by atoms with van der Waals surface area (Å²) in [5, 5.41) is 0. The van der Waals surface area contributed by atoms with Crippen molar-refractivity contribution >= 4 is 11.9 Å². The lowest BCUT2D eigenvalue weighted by atomic mass is 10.2. The molecule has 5 heteroatoms. The van der Waals surface area contributed by atoms with Crippen molar-refractivity contribution in [3.63, 3.8) is 0 Å². The zero-order valence-electron chi connectivity index (χ0n) is 11.6. The van der Waals surface area contributed by atoms with Crippen molar-refractivity contribution in [1.82, 2.24) is 0 Å². The van der Waals surface area contributed by atoms with Crippen LogP contribution in [-0.2, 0) is 25.7 Å². The summed E-state index contributed by atoms with van der Waals surface area (Å²) in [6, 6.07) is 5.69. The third-order valence-corrected chi connectivity index (χ3v) is 2.61. The van der Waals surface area contributed by atoms with Crippen LogP contribution in [0.15, 0.2) is 24.3 Å². The maximum atomic E-state index is 12.7. The number of halogens is 1. The summed E-state index contributed by atoms with van der Waals surface area (Å²) in [5.74, 6) is -1.20. The van der Waals surface area contributed by atoms with Gasteiger partial charge in [0.15, 0.2) is 0 Å². The molecular weight excluding hydrogens is 263 g/mol. The molecule has 0 aromatic heterocycles. The Kier molecular flexibility index (Phi) is 7.32. The fourth-order valence-electron chi connectivity index (χ4n) is 1.42. The van der Waals surface area contributed by atoms with Gasteiger partial charge >= 0.3 is 11.9 Å². The third kappa shape index (κ3) is 6.87. The molecule has 1 rings (SSSR count). The lowest BCUT2D eigenvalue weighted by Crippen LogP contribution is -2.10. The summed E-state index contributed by atoms with van der Waals surface area (Å²) in [7, 11) is 0. The summed E-state index contributed by atoms with van der Waals surface area (Å²) in [5.41, 5.74) is 0.699. The Morgan fingerprint density at radius 2 is 1.65 bits per heavy atom. The van der Waals surface area contributed by atoms with E-state index in [1.54, 1.807) is 12.1 Å². The van der Waals surface area contributed by atoms with Crippen molar-refractivity contribution in [3.05, 3.63) is 35.6 Å². The van der Waals surface area contributed by atoms with Gasteiger partial charge in [0, 0.05) is 0 Å². The maximum Gasteiger partial charge on any atom is 0.306 e. The minimum atomic E-state index is -0.471. The molecule has 0 N–H and O–H groups in total. The number of rotatable bonds is 8. The Labute approximate surface area is 117 Å². The Morgan fingerprint density at radius 1 is 1.05 bits per heavy atom. The van der Waals surface area contributed by atoms with Gasteiger partial charge in [0.2, 0.25) is 0 Å². The standard InChI is InChI=1S/C15H19FO4/c1-2-3-10-19-14(17)8-9-15(18)20-11-12-4-6-13(16)7-5-12/h4-7H,2-3,8-11H2,1H3. The van der Waals surface area contributed by atoms with E-state index in [4.69, 9.17) is 9.47 Å². The Hall–Kier alpha value is -1.91. The van der Waals surface area contributed by atoms with Crippen LogP contribution in [0.5, 0.6) is 0 Å². The number of ether oxygens (including phenoxy) is 2. The van der Waals surface area contributed by atoms with E-state index < -0.39 is 11.9 Å². The number of carbonyl (C=O) groups is 2. The first-order valence-electron chi connectivity index (χ1n) is 6.67. The molecule has 0 aliphatic heterocycles. The van der Waals surface area contributed by atoms with Crippen LogP contribution < -0.4 is 0 Å². The lowest BCUT2D eigenvalue weighted by Gasteiger charge is -2.05. The van der Waals surface area contributed by atoms with Crippen LogP contribution >= 0.6 is 0 Å². The van der Waals surface area contributed by atoms with Crippen molar-refractivity contribution in [2.24, 2.45) is 0 Å². The number of hydrogen-bond acceptors (Lipinski definition) is 4. The number of carbonyl (C=O) groups excluding carboxylic acids is 2. The van der Waals surface area contributed by atoms with E-state index in [0.717, 1.165) is 12.8 Å². The molecule has 1 aromatic rings. The SMILES string of the molecule is CCCCOC(=O)CCC(=O)OCc1ccc(F)cc1. The van der Waals surface area contributed by atoms with Crippen LogP contribution in [0.3, 0.4) is 0 Å². The zero-order chi connectivity index (χ0) is 14.8. The molecule has 0 spiro atoms. The van der Waals surface area contributed by atoms with Gasteiger partial charge in [0.05, 0.1) is 19.4 Å². The van der Waals surface area contributed by atoms with Gasteiger partial charge in [-0.15, -0.1) is 0 Å². The first-order valence-corrected chi connectivity index (χ1v) is 6.67. The van der Waals surface area contributed by atoms with Gasteiger partial charge < -0.3 is 9.47 Å². The monoisotopic (exact) mass is 282 g/mol. The molecule has 0 saturated heterocycles. The highest BCUT2D eigenvalue weighted by Gasteiger charge is 2.09. The Morgan fingerprint density at radius 3 is 2.25 bits per heavy atom. The molecule has 0 heterocycles. The summed E-state index contributed by atoms with van der Waals surface area (Å²) >= 11 is 0. The maximum absolute atomic E-state index is 12.7. The smallest absolute Gasteiger partial charge is 0.306 e. The molecular formula is C15H19FO4. The number of benzene rings is 1. The van der Waals surface area contributed by atoms with Gasteiger partial charge in [-0.2, -0.15) is 0 Å². The number of esters is 2. The van der Waals surface area contributed by atoms with E-state index in [2.05, 4.69) is 0 Å². The van der Waals surface area contributed by atoms with Crippen LogP contribution in [0.2, 0.25) is 0 Å².